The molecule has 9 heteroatoms. The summed E-state index contributed by atoms with van der Waals surface area (Å²) < 4.78 is 10.5. The van der Waals surface area contributed by atoms with Gasteiger partial charge in [0.2, 0.25) is 5.91 Å². The van der Waals surface area contributed by atoms with Crippen LogP contribution in [0.15, 0.2) is 24.3 Å². The van der Waals surface area contributed by atoms with Gasteiger partial charge in [-0.3, -0.25) is 4.79 Å². The summed E-state index contributed by atoms with van der Waals surface area (Å²) >= 11 is 7.69. The number of benzene rings is 1. The lowest BCUT2D eigenvalue weighted by Gasteiger charge is -2.41. The highest BCUT2D eigenvalue weighted by molar-refractivity contribution is 8.00. The average molecular weight is 390 g/mol. The minimum Gasteiger partial charge on any atom is -0.388 e. The van der Waals surface area contributed by atoms with Gasteiger partial charge in [-0.2, -0.15) is 0 Å². The van der Waals surface area contributed by atoms with Gasteiger partial charge >= 0.3 is 0 Å². The molecule has 1 aromatic carbocycles. The summed E-state index contributed by atoms with van der Waals surface area (Å²) in [6, 6.07) is 7.26. The number of aliphatic hydroxyl groups excluding tert-OH is 3. The van der Waals surface area contributed by atoms with Gasteiger partial charge in [0, 0.05) is 17.7 Å². The molecular formula is C16H20ClNO6S. The minimum absolute atomic E-state index is 0.0481. The first-order valence-corrected chi connectivity index (χ1v) is 9.24. The summed E-state index contributed by atoms with van der Waals surface area (Å²) in [6.45, 7) is 0.0481. The maximum absolute atomic E-state index is 12.3. The van der Waals surface area contributed by atoms with Crippen LogP contribution >= 0.6 is 23.4 Å². The van der Waals surface area contributed by atoms with Crippen molar-refractivity contribution in [1.29, 1.82) is 0 Å². The Balaban J connectivity index is 1.80. The van der Waals surface area contributed by atoms with E-state index < -0.39 is 30.7 Å². The van der Waals surface area contributed by atoms with E-state index in [-0.39, 0.29) is 23.6 Å². The number of nitrogens with zero attached hydrogens (tertiary/aromatic N) is 1. The molecule has 7 nitrogen and oxygen atoms in total. The molecule has 2 aliphatic rings. The topological polar surface area (TPSA) is 99.5 Å². The third-order valence-corrected chi connectivity index (χ3v) is 6.00. The van der Waals surface area contributed by atoms with E-state index in [2.05, 4.69) is 0 Å². The van der Waals surface area contributed by atoms with Crippen LogP contribution in [0.2, 0.25) is 5.02 Å². The number of hydrogen-bond donors (Lipinski definition) is 3. The molecule has 3 N–H and O–H groups in total. The number of ether oxygens (including phenoxy) is 2. The van der Waals surface area contributed by atoms with Gasteiger partial charge in [0.1, 0.15) is 29.8 Å². The highest BCUT2D eigenvalue weighted by Gasteiger charge is 2.46. The molecule has 2 saturated heterocycles. The lowest BCUT2D eigenvalue weighted by atomic mass is 9.98. The molecular weight excluding hydrogens is 370 g/mol. The van der Waals surface area contributed by atoms with Crippen molar-refractivity contribution in [3.63, 3.8) is 0 Å². The molecule has 0 bridgehead atoms. The molecule has 2 aliphatic heterocycles. The molecule has 1 aromatic rings. The maximum atomic E-state index is 12.3. The van der Waals surface area contributed by atoms with Crippen molar-refractivity contribution in [2.24, 2.45) is 0 Å². The summed E-state index contributed by atoms with van der Waals surface area (Å²) in [5, 5.41) is 30.3. The number of amides is 1. The fraction of sp³-hybridized carbons (Fsp3) is 0.562. The van der Waals surface area contributed by atoms with E-state index in [0.29, 0.717) is 5.02 Å². The normalized spacial score (nSPS) is 36.0. The summed E-state index contributed by atoms with van der Waals surface area (Å²) in [5.74, 6) is 0.178. The highest BCUT2D eigenvalue weighted by atomic mass is 35.5. The smallest absolute Gasteiger partial charge is 0.233 e. The fourth-order valence-electron chi connectivity index (χ4n) is 3.04. The molecule has 2 fully saturated rings. The molecule has 0 spiro atoms. The van der Waals surface area contributed by atoms with Crippen LogP contribution in [0.1, 0.15) is 10.9 Å². The first kappa shape index (κ1) is 18.9. The van der Waals surface area contributed by atoms with Gasteiger partial charge in [0.05, 0.1) is 12.3 Å². The van der Waals surface area contributed by atoms with E-state index in [1.807, 2.05) is 18.2 Å². The molecule has 6 atom stereocenters. The molecule has 0 aromatic heterocycles. The van der Waals surface area contributed by atoms with E-state index in [4.69, 9.17) is 21.1 Å². The highest BCUT2D eigenvalue weighted by Crippen LogP contribution is 2.42. The van der Waals surface area contributed by atoms with Crippen LogP contribution in [0.25, 0.3) is 0 Å². The van der Waals surface area contributed by atoms with E-state index in [0.717, 1.165) is 5.56 Å². The van der Waals surface area contributed by atoms with Crippen molar-refractivity contribution >= 4 is 29.3 Å². The van der Waals surface area contributed by atoms with Crippen molar-refractivity contribution in [2.45, 2.75) is 36.1 Å². The number of halogens is 1. The van der Waals surface area contributed by atoms with Gasteiger partial charge in [0.25, 0.3) is 0 Å². The largest absolute Gasteiger partial charge is 0.388 e. The van der Waals surface area contributed by atoms with Crippen molar-refractivity contribution in [3.05, 3.63) is 34.9 Å². The van der Waals surface area contributed by atoms with Crippen LogP contribution in [0.4, 0.5) is 0 Å². The Morgan fingerprint density at radius 2 is 2.00 bits per heavy atom. The van der Waals surface area contributed by atoms with Crippen LogP contribution < -0.4 is 0 Å². The number of hydrogen-bond acceptors (Lipinski definition) is 7. The van der Waals surface area contributed by atoms with Gasteiger partial charge in [-0.15, -0.1) is 11.8 Å². The third-order valence-electron chi connectivity index (χ3n) is 4.42. The van der Waals surface area contributed by atoms with E-state index in [9.17, 15) is 20.1 Å². The number of carbonyl (C=O) groups excluding carboxylic acids is 1. The molecule has 0 unspecified atom stereocenters. The Morgan fingerprint density at radius 1 is 1.28 bits per heavy atom. The van der Waals surface area contributed by atoms with Gasteiger partial charge in [-0.05, 0) is 6.07 Å². The molecule has 0 saturated carbocycles. The molecule has 25 heavy (non-hydrogen) atoms. The van der Waals surface area contributed by atoms with Crippen molar-refractivity contribution < 1.29 is 29.6 Å². The second-order valence-corrected chi connectivity index (χ2v) is 7.46. The summed E-state index contributed by atoms with van der Waals surface area (Å²) in [7, 11) is 1.33. The van der Waals surface area contributed by atoms with Crippen LogP contribution in [-0.4, -0.2) is 76.2 Å². The van der Waals surface area contributed by atoms with Gasteiger partial charge in [0.15, 0.2) is 6.29 Å². The average Bonchev–Trinajstić information content (AvgIpc) is 2.96. The van der Waals surface area contributed by atoms with Crippen LogP contribution in [0.5, 0.6) is 0 Å². The van der Waals surface area contributed by atoms with Gasteiger partial charge in [-0.25, -0.2) is 0 Å². The standard InChI is InChI=1S/C16H20ClNO6S/c1-23-16-14(22)13(21)12(20)10(24-16)6-18-11(19)7-25-15(18)8-4-2-3-5-9(8)17/h2-5,10,12-16,20-22H,6-7H2,1H3/t10-,12-,13+,14-,15-,16+/m1/s1. The van der Waals surface area contributed by atoms with Gasteiger partial charge < -0.3 is 29.7 Å². The Labute approximate surface area is 154 Å². The molecule has 1 amide bonds. The first-order valence-electron chi connectivity index (χ1n) is 7.82. The zero-order valence-corrected chi connectivity index (χ0v) is 15.1. The summed E-state index contributed by atoms with van der Waals surface area (Å²) in [4.78, 5) is 13.9. The third kappa shape index (κ3) is 3.66. The number of carbonyl (C=O) groups is 1. The molecule has 3 rings (SSSR count). The summed E-state index contributed by atoms with van der Waals surface area (Å²) in [5.41, 5.74) is 0.800. The summed E-state index contributed by atoms with van der Waals surface area (Å²) in [6.07, 6.45) is -6.10. The predicted octanol–water partition coefficient (Wildman–Crippen LogP) is 0.368. The maximum Gasteiger partial charge on any atom is 0.233 e. The van der Waals surface area contributed by atoms with Crippen LogP contribution in [0.3, 0.4) is 0 Å². The second kappa shape index (κ2) is 7.79. The zero-order valence-electron chi connectivity index (χ0n) is 13.5. The Bertz CT molecular complexity index is 632. The zero-order chi connectivity index (χ0) is 18.1. The number of thioether (sulfide) groups is 1. The first-order chi connectivity index (χ1) is 11.9. The van der Waals surface area contributed by atoms with Crippen molar-refractivity contribution in [1.82, 2.24) is 4.90 Å². The second-order valence-electron chi connectivity index (χ2n) is 5.98. The Hall–Kier alpha value is -0.870. The molecule has 0 radical (unpaired) electrons. The molecule has 138 valence electrons. The van der Waals surface area contributed by atoms with Gasteiger partial charge in [-0.1, -0.05) is 29.8 Å². The molecule has 0 aliphatic carbocycles. The lowest BCUT2D eigenvalue weighted by molar-refractivity contribution is -0.291. The number of aliphatic hydroxyl groups is 3. The SMILES string of the molecule is CO[C@H]1O[C@H](CN2C(=O)CS[C@@H]2c2ccccc2Cl)[C@@H](O)[C@H](O)[C@H]1O. The minimum atomic E-state index is -1.42. The Morgan fingerprint density at radius 3 is 2.68 bits per heavy atom. The van der Waals surface area contributed by atoms with E-state index >= 15 is 0 Å². The lowest BCUT2D eigenvalue weighted by Crippen LogP contribution is -2.60. The van der Waals surface area contributed by atoms with E-state index in [1.54, 1.807) is 11.0 Å². The fourth-order valence-corrected chi connectivity index (χ4v) is 4.58. The number of methoxy groups -OCH3 is 1. The Kier molecular flexibility index (Phi) is 5.89. The quantitative estimate of drug-likeness (QED) is 0.684. The molecule has 2 heterocycles. The number of rotatable bonds is 4. The van der Waals surface area contributed by atoms with E-state index in [1.165, 1.54) is 18.9 Å². The monoisotopic (exact) mass is 389 g/mol. The van der Waals surface area contributed by atoms with Crippen LogP contribution in [-0.2, 0) is 14.3 Å². The van der Waals surface area contributed by atoms with Crippen LogP contribution in [0, 0.1) is 0 Å². The van der Waals surface area contributed by atoms with Crippen molar-refractivity contribution in [3.8, 4) is 0 Å². The van der Waals surface area contributed by atoms with Crippen molar-refractivity contribution in [2.75, 3.05) is 19.4 Å². The predicted molar refractivity (Wildman–Crippen MR) is 92.1 cm³/mol.